The van der Waals surface area contributed by atoms with E-state index in [1.807, 2.05) is 41.8 Å². The number of nitrogens with zero attached hydrogens (tertiary/aromatic N) is 3. The van der Waals surface area contributed by atoms with Gasteiger partial charge in [-0.15, -0.1) is 17.9 Å². The minimum absolute atomic E-state index is 0.0239. The average Bonchev–Trinajstić information content (AvgIpc) is 3.37. The first-order chi connectivity index (χ1) is 24.5. The number of rotatable bonds is 9. The number of aromatic nitrogens is 2. The van der Waals surface area contributed by atoms with Gasteiger partial charge in [-0.1, -0.05) is 45.0 Å². The lowest BCUT2D eigenvalue weighted by atomic mass is 9.85. The van der Waals surface area contributed by atoms with Gasteiger partial charge in [-0.3, -0.25) is 19.8 Å². The van der Waals surface area contributed by atoms with Crippen LogP contribution in [-0.4, -0.2) is 87.8 Å². The number of ether oxygens (including phenoxy) is 3. The van der Waals surface area contributed by atoms with E-state index in [0.717, 1.165) is 12.0 Å². The summed E-state index contributed by atoms with van der Waals surface area (Å²) in [5.74, 6) is -2.09. The number of alkyl carbamates (subject to hydrolysis) is 1. The van der Waals surface area contributed by atoms with Crippen LogP contribution in [0.25, 0.3) is 21.6 Å². The zero-order valence-corrected chi connectivity index (χ0v) is 31.1. The molecule has 2 aromatic heterocycles. The molecular weight excluding hydrogens is 691 g/mol. The Bertz CT molecular complexity index is 1850. The van der Waals surface area contributed by atoms with E-state index in [1.54, 1.807) is 41.5 Å². The van der Waals surface area contributed by atoms with Crippen LogP contribution in [-0.2, 0) is 23.9 Å². The number of hydrogen-bond donors (Lipinski definition) is 4. The third-order valence-electron chi connectivity index (χ3n) is 8.71. The van der Waals surface area contributed by atoms with Gasteiger partial charge in [-0.05, 0) is 56.2 Å². The van der Waals surface area contributed by atoms with Crippen molar-refractivity contribution < 1.29 is 38.2 Å². The number of fused-ring (bicyclic) bond motifs is 1. The molecule has 4 N–H and O–H groups in total. The lowest BCUT2D eigenvalue weighted by Crippen LogP contribution is -2.61. The lowest BCUT2D eigenvalue weighted by molar-refractivity contribution is -0.143. The molecule has 5 rings (SSSR count). The highest BCUT2D eigenvalue weighted by atomic mass is 32.1. The first-order valence-corrected chi connectivity index (χ1v) is 17.7. The summed E-state index contributed by atoms with van der Waals surface area (Å²) in [5.41, 5.74) is 3.12. The highest BCUT2D eigenvalue weighted by Crippen LogP contribution is 2.45. The van der Waals surface area contributed by atoms with Crippen LogP contribution in [0.4, 0.5) is 9.59 Å². The molecule has 1 saturated heterocycles. The summed E-state index contributed by atoms with van der Waals surface area (Å²) in [4.78, 5) is 78.5. The van der Waals surface area contributed by atoms with E-state index in [0.29, 0.717) is 16.7 Å². The summed E-state index contributed by atoms with van der Waals surface area (Å²) < 4.78 is 16.5. The molecule has 16 heteroatoms. The molecule has 0 radical (unpaired) electrons. The number of benzene rings is 1. The van der Waals surface area contributed by atoms with E-state index in [1.165, 1.54) is 22.3 Å². The van der Waals surface area contributed by atoms with E-state index in [4.69, 9.17) is 19.4 Å². The molecule has 15 nitrogen and oxygen atoms in total. The van der Waals surface area contributed by atoms with E-state index < -0.39 is 70.6 Å². The summed E-state index contributed by atoms with van der Waals surface area (Å²) in [7, 11) is 1.14. The van der Waals surface area contributed by atoms with Gasteiger partial charge in [-0.25, -0.2) is 25.0 Å². The van der Waals surface area contributed by atoms with E-state index in [2.05, 4.69) is 32.8 Å². The number of nitrogens with one attached hydrogen (secondary N) is 4. The number of hydrogen-bond acceptors (Lipinski definition) is 11. The second-order valence-corrected chi connectivity index (χ2v) is 15.8. The van der Waals surface area contributed by atoms with Crippen molar-refractivity contribution in [2.24, 2.45) is 11.3 Å². The number of carbonyl (C=O) groups is 5. The maximum absolute atomic E-state index is 14.5. The molecule has 278 valence electrons. The van der Waals surface area contributed by atoms with Crippen molar-refractivity contribution in [3.05, 3.63) is 54.4 Å². The predicted molar refractivity (Wildman–Crippen MR) is 193 cm³/mol. The summed E-state index contributed by atoms with van der Waals surface area (Å²) in [6.45, 7) is 14.2. The van der Waals surface area contributed by atoms with Crippen LogP contribution in [0.3, 0.4) is 0 Å². The Morgan fingerprint density at radius 3 is 2.27 bits per heavy atom. The number of para-hydroxylation sites is 2. The Kier molecular flexibility index (Phi) is 10.8. The Morgan fingerprint density at radius 1 is 1.00 bits per heavy atom. The fourth-order valence-electron chi connectivity index (χ4n) is 6.02. The van der Waals surface area contributed by atoms with Crippen molar-refractivity contribution >= 4 is 52.3 Å². The maximum atomic E-state index is 14.5. The number of amides is 5. The Hall–Kier alpha value is -5.25. The predicted octanol–water partition coefficient (Wildman–Crippen LogP) is 4.09. The zero-order chi connectivity index (χ0) is 38.0. The molecule has 3 heterocycles. The van der Waals surface area contributed by atoms with Gasteiger partial charge >= 0.3 is 12.2 Å². The van der Waals surface area contributed by atoms with Crippen molar-refractivity contribution in [1.29, 1.82) is 0 Å². The lowest BCUT2D eigenvalue weighted by Gasteiger charge is -2.36. The molecule has 1 aromatic carbocycles. The molecule has 0 bridgehead atoms. The average molecular weight is 736 g/mol. The van der Waals surface area contributed by atoms with Crippen LogP contribution in [0, 0.1) is 11.3 Å². The normalized spacial score (nSPS) is 21.8. The highest BCUT2D eigenvalue weighted by molar-refractivity contribution is 7.13. The Balaban J connectivity index is 1.48. The monoisotopic (exact) mass is 735 g/mol. The van der Waals surface area contributed by atoms with Crippen LogP contribution in [0.2, 0.25) is 0 Å². The molecule has 3 aromatic rings. The summed E-state index contributed by atoms with van der Waals surface area (Å²) in [5, 5.41) is 7.46. The molecule has 1 aliphatic carbocycles. The highest BCUT2D eigenvalue weighted by Gasteiger charge is 2.61. The number of methoxy groups -OCH3 is 1. The standard InChI is InChI=1S/C36H45N7O8S/c1-9-20-18-36(20,31(46)41-42-33(48)49-8)40-28(44)24-17-21(19-43(24)30(45)27(34(2,3)4)39-32(47)51-35(5,6)7)50-29-26(25-15-12-16-52-25)37-22-13-10-11-14-23(22)38-29/h9-16,20-21,24,27H,1,17-19H2,2-8H3,(H,39,47)(H,40,44)(H,41,46)(H,42,48)/t20-,21-,24+,27-,36+/m1/s1. The first-order valence-electron chi connectivity index (χ1n) is 16.8. The third-order valence-corrected chi connectivity index (χ3v) is 9.58. The SMILES string of the molecule is C=C[C@@H]1C[C@@]1(NC(=O)[C@@H]1C[C@@H](Oc2nc3ccccc3nc2-c2cccs2)CN1C(=O)[C@@H](NC(=O)OC(C)(C)C)C(C)(C)C)C(=O)NNC(=O)OC. The van der Waals surface area contributed by atoms with Gasteiger partial charge in [0.1, 0.15) is 35.0 Å². The molecule has 5 atom stereocenters. The molecule has 52 heavy (non-hydrogen) atoms. The molecule has 5 amide bonds. The van der Waals surface area contributed by atoms with E-state index in [-0.39, 0.29) is 25.3 Å². The number of likely N-dealkylation sites (tertiary alicyclic amines) is 1. The molecule has 2 fully saturated rings. The van der Waals surface area contributed by atoms with Gasteiger partial charge < -0.3 is 29.7 Å². The molecule has 1 aliphatic heterocycles. The zero-order valence-electron chi connectivity index (χ0n) is 30.3. The van der Waals surface area contributed by atoms with E-state index in [9.17, 15) is 24.0 Å². The van der Waals surface area contributed by atoms with Gasteiger partial charge in [0.25, 0.3) is 5.91 Å². The summed E-state index contributed by atoms with van der Waals surface area (Å²) in [6.07, 6.45) is -0.665. The van der Waals surface area contributed by atoms with Gasteiger partial charge in [0.2, 0.25) is 17.7 Å². The third kappa shape index (κ3) is 8.44. The van der Waals surface area contributed by atoms with Crippen molar-refractivity contribution in [2.75, 3.05) is 13.7 Å². The van der Waals surface area contributed by atoms with E-state index >= 15 is 0 Å². The smallest absolute Gasteiger partial charge is 0.425 e. The second-order valence-electron chi connectivity index (χ2n) is 14.8. The van der Waals surface area contributed by atoms with Crippen LogP contribution >= 0.6 is 11.3 Å². The quantitative estimate of drug-likeness (QED) is 0.184. The summed E-state index contributed by atoms with van der Waals surface area (Å²) >= 11 is 1.47. The number of carbonyl (C=O) groups excluding carboxylic acids is 5. The molecule has 2 aliphatic rings. The minimum Gasteiger partial charge on any atom is -0.471 e. The Morgan fingerprint density at radius 2 is 1.69 bits per heavy atom. The number of hydrazine groups is 1. The molecular formula is C36H45N7O8S. The minimum atomic E-state index is -1.44. The maximum Gasteiger partial charge on any atom is 0.425 e. The fraction of sp³-hybridized carbons (Fsp3) is 0.472. The molecule has 0 unspecified atom stereocenters. The molecule has 0 spiro atoms. The van der Waals surface area contributed by atoms with Gasteiger partial charge in [-0.2, -0.15) is 0 Å². The Labute approximate surface area is 305 Å². The van der Waals surface area contributed by atoms with Crippen molar-refractivity contribution in [1.82, 2.24) is 36.4 Å². The van der Waals surface area contributed by atoms with Gasteiger partial charge in [0.15, 0.2) is 0 Å². The van der Waals surface area contributed by atoms with Crippen LogP contribution in [0.5, 0.6) is 5.88 Å². The fourth-order valence-corrected chi connectivity index (χ4v) is 6.73. The van der Waals surface area contributed by atoms with Gasteiger partial charge in [0, 0.05) is 12.3 Å². The van der Waals surface area contributed by atoms with Crippen molar-refractivity contribution in [2.45, 2.75) is 83.7 Å². The topological polar surface area (TPSA) is 190 Å². The van der Waals surface area contributed by atoms with Crippen LogP contribution in [0.15, 0.2) is 54.4 Å². The van der Waals surface area contributed by atoms with Crippen LogP contribution in [0.1, 0.15) is 54.4 Å². The largest absolute Gasteiger partial charge is 0.471 e. The number of thiophene rings is 1. The summed E-state index contributed by atoms with van der Waals surface area (Å²) in [6, 6.07) is 8.92. The first kappa shape index (κ1) is 38.0. The van der Waals surface area contributed by atoms with Crippen molar-refractivity contribution in [3.63, 3.8) is 0 Å². The van der Waals surface area contributed by atoms with Crippen molar-refractivity contribution in [3.8, 4) is 16.5 Å². The second kappa shape index (κ2) is 14.8. The van der Waals surface area contributed by atoms with Crippen LogP contribution < -0.4 is 26.2 Å². The molecule has 1 saturated carbocycles. The van der Waals surface area contributed by atoms with Gasteiger partial charge in [0.05, 0.1) is 29.6 Å².